The van der Waals surface area contributed by atoms with E-state index in [-0.39, 0.29) is 5.97 Å². The molecule has 1 spiro atoms. The standard InChI is InChI=1S/C13H19IN2O2/c1-9-12(14)13(2-4-15-5-3-13)8-16(9)10-6-11(17)18-7-10/h6,9,12,15H,2-5,7-8H2,1H3. The van der Waals surface area contributed by atoms with Gasteiger partial charge in [-0.25, -0.2) is 4.79 Å². The van der Waals surface area contributed by atoms with Crippen molar-refractivity contribution in [2.45, 2.75) is 29.7 Å². The van der Waals surface area contributed by atoms with E-state index in [1.807, 2.05) is 0 Å². The molecule has 0 aromatic heterocycles. The van der Waals surface area contributed by atoms with Crippen molar-refractivity contribution >= 4 is 28.6 Å². The van der Waals surface area contributed by atoms with Gasteiger partial charge in [0.2, 0.25) is 0 Å². The van der Waals surface area contributed by atoms with Crippen molar-refractivity contribution in [3.8, 4) is 0 Å². The molecule has 2 saturated heterocycles. The Morgan fingerprint density at radius 2 is 2.22 bits per heavy atom. The van der Waals surface area contributed by atoms with E-state index in [0.29, 0.717) is 22.0 Å². The summed E-state index contributed by atoms with van der Waals surface area (Å²) >= 11 is 2.61. The lowest BCUT2D eigenvalue weighted by molar-refractivity contribution is -0.135. The van der Waals surface area contributed by atoms with Crippen molar-refractivity contribution in [3.63, 3.8) is 0 Å². The van der Waals surface area contributed by atoms with Gasteiger partial charge in [-0.05, 0) is 32.9 Å². The molecule has 18 heavy (non-hydrogen) atoms. The zero-order chi connectivity index (χ0) is 12.8. The molecule has 2 atom stereocenters. The first kappa shape index (κ1) is 12.7. The highest BCUT2D eigenvalue weighted by Crippen LogP contribution is 2.47. The van der Waals surface area contributed by atoms with E-state index in [4.69, 9.17) is 4.74 Å². The zero-order valence-electron chi connectivity index (χ0n) is 10.6. The van der Waals surface area contributed by atoms with Crippen LogP contribution in [0.4, 0.5) is 0 Å². The largest absolute Gasteiger partial charge is 0.456 e. The van der Waals surface area contributed by atoms with Gasteiger partial charge < -0.3 is 15.0 Å². The number of nitrogens with zero attached hydrogens (tertiary/aromatic N) is 1. The summed E-state index contributed by atoms with van der Waals surface area (Å²) in [5.41, 5.74) is 1.49. The molecule has 4 nitrogen and oxygen atoms in total. The Balaban J connectivity index is 1.82. The Morgan fingerprint density at radius 1 is 1.50 bits per heavy atom. The molecule has 100 valence electrons. The van der Waals surface area contributed by atoms with Gasteiger partial charge in [-0.1, -0.05) is 22.6 Å². The molecule has 2 unspecified atom stereocenters. The molecular weight excluding hydrogens is 343 g/mol. The number of ether oxygens (including phenoxy) is 1. The second kappa shape index (κ2) is 4.67. The summed E-state index contributed by atoms with van der Waals surface area (Å²) < 4.78 is 5.70. The highest BCUT2D eigenvalue weighted by Gasteiger charge is 2.50. The van der Waals surface area contributed by atoms with Gasteiger partial charge in [0.05, 0.1) is 5.70 Å². The Kier molecular flexibility index (Phi) is 3.30. The van der Waals surface area contributed by atoms with Gasteiger partial charge in [-0.2, -0.15) is 0 Å². The summed E-state index contributed by atoms with van der Waals surface area (Å²) in [6.45, 7) is 6.05. The molecule has 3 rings (SSSR count). The van der Waals surface area contributed by atoms with E-state index >= 15 is 0 Å². The van der Waals surface area contributed by atoms with Crippen LogP contribution in [-0.4, -0.2) is 47.1 Å². The van der Waals surface area contributed by atoms with Gasteiger partial charge >= 0.3 is 5.97 Å². The van der Waals surface area contributed by atoms with Crippen LogP contribution in [0.15, 0.2) is 11.8 Å². The number of hydrogen-bond donors (Lipinski definition) is 1. The lowest BCUT2D eigenvalue weighted by Crippen LogP contribution is -2.42. The van der Waals surface area contributed by atoms with Gasteiger partial charge in [0.15, 0.2) is 0 Å². The smallest absolute Gasteiger partial charge is 0.333 e. The summed E-state index contributed by atoms with van der Waals surface area (Å²) in [6, 6.07) is 0.490. The van der Waals surface area contributed by atoms with Crippen molar-refractivity contribution in [2.24, 2.45) is 5.41 Å². The molecule has 3 aliphatic heterocycles. The molecule has 1 N–H and O–H groups in total. The number of cyclic esters (lactones) is 1. The van der Waals surface area contributed by atoms with E-state index in [9.17, 15) is 4.79 Å². The molecule has 0 aromatic rings. The van der Waals surface area contributed by atoms with Crippen molar-refractivity contribution in [2.75, 3.05) is 26.2 Å². The van der Waals surface area contributed by atoms with Gasteiger partial charge in [0.25, 0.3) is 0 Å². The monoisotopic (exact) mass is 362 g/mol. The molecule has 3 aliphatic rings. The molecule has 0 amide bonds. The highest BCUT2D eigenvalue weighted by molar-refractivity contribution is 14.1. The van der Waals surface area contributed by atoms with E-state index in [1.165, 1.54) is 12.8 Å². The molecule has 0 aliphatic carbocycles. The van der Waals surface area contributed by atoms with Crippen molar-refractivity contribution in [1.29, 1.82) is 0 Å². The number of halogens is 1. The van der Waals surface area contributed by atoms with Crippen LogP contribution in [0.25, 0.3) is 0 Å². The van der Waals surface area contributed by atoms with E-state index in [2.05, 4.69) is 39.7 Å². The Morgan fingerprint density at radius 3 is 2.83 bits per heavy atom. The molecule has 3 heterocycles. The van der Waals surface area contributed by atoms with Crippen molar-refractivity contribution < 1.29 is 9.53 Å². The predicted molar refractivity (Wildman–Crippen MR) is 77.6 cm³/mol. The average molecular weight is 362 g/mol. The molecule has 5 heteroatoms. The second-order valence-electron chi connectivity index (χ2n) is 5.63. The first-order valence-electron chi connectivity index (χ1n) is 6.61. The fraction of sp³-hybridized carbons (Fsp3) is 0.769. The molecule has 0 radical (unpaired) electrons. The first-order chi connectivity index (χ1) is 8.62. The normalized spacial score (nSPS) is 34.9. The van der Waals surface area contributed by atoms with E-state index < -0.39 is 0 Å². The van der Waals surface area contributed by atoms with Crippen LogP contribution in [0.3, 0.4) is 0 Å². The third kappa shape index (κ3) is 1.95. The highest BCUT2D eigenvalue weighted by atomic mass is 127. The average Bonchev–Trinajstić information content (AvgIpc) is 2.90. The second-order valence-corrected chi connectivity index (χ2v) is 6.97. The molecule has 2 fully saturated rings. The zero-order valence-corrected chi connectivity index (χ0v) is 12.8. The number of piperidine rings is 1. The number of rotatable bonds is 1. The Hall–Kier alpha value is -0.300. The summed E-state index contributed by atoms with van der Waals surface area (Å²) in [6.07, 6.45) is 4.15. The number of carbonyl (C=O) groups is 1. The fourth-order valence-electron chi connectivity index (χ4n) is 3.49. The maximum absolute atomic E-state index is 11.2. The first-order valence-corrected chi connectivity index (χ1v) is 7.86. The van der Waals surface area contributed by atoms with E-state index in [1.54, 1.807) is 6.08 Å². The Labute approximate surface area is 121 Å². The SMILES string of the molecule is CC1C(I)C2(CCNCC2)CN1C1=CC(=O)OC1. The third-order valence-corrected chi connectivity index (χ3v) is 6.96. The minimum Gasteiger partial charge on any atom is -0.456 e. The predicted octanol–water partition coefficient (Wildman–Crippen LogP) is 1.30. The molecule has 0 saturated carbocycles. The summed E-state index contributed by atoms with van der Waals surface area (Å²) in [4.78, 5) is 13.6. The van der Waals surface area contributed by atoms with Crippen LogP contribution in [0.5, 0.6) is 0 Å². The Bertz CT molecular complexity index is 390. The van der Waals surface area contributed by atoms with Gasteiger partial charge in [-0.15, -0.1) is 0 Å². The topological polar surface area (TPSA) is 41.6 Å². The minimum atomic E-state index is -0.187. The molecule has 0 bridgehead atoms. The summed E-state index contributed by atoms with van der Waals surface area (Å²) in [7, 11) is 0. The van der Waals surface area contributed by atoms with Gasteiger partial charge in [0, 0.05) is 28.0 Å². The molecular formula is C13H19IN2O2. The van der Waals surface area contributed by atoms with Gasteiger partial charge in [-0.3, -0.25) is 0 Å². The quantitative estimate of drug-likeness (QED) is 0.434. The van der Waals surface area contributed by atoms with Crippen LogP contribution in [0.2, 0.25) is 0 Å². The third-order valence-electron chi connectivity index (χ3n) is 4.60. The number of hydrogen-bond acceptors (Lipinski definition) is 4. The maximum atomic E-state index is 11.2. The van der Waals surface area contributed by atoms with E-state index in [0.717, 1.165) is 25.3 Å². The summed E-state index contributed by atoms with van der Waals surface area (Å²) in [5, 5.41) is 3.45. The number of likely N-dealkylation sites (tertiary alicyclic amines) is 1. The van der Waals surface area contributed by atoms with Crippen LogP contribution in [-0.2, 0) is 9.53 Å². The lowest BCUT2D eigenvalue weighted by atomic mass is 9.77. The van der Waals surface area contributed by atoms with Crippen LogP contribution >= 0.6 is 22.6 Å². The lowest BCUT2D eigenvalue weighted by Gasteiger charge is -2.36. The fourth-order valence-corrected chi connectivity index (χ4v) is 4.70. The number of carbonyl (C=O) groups excluding carboxylic acids is 1. The number of nitrogens with one attached hydrogen (secondary N) is 1. The van der Waals surface area contributed by atoms with Gasteiger partial charge in [0.1, 0.15) is 6.61 Å². The van der Waals surface area contributed by atoms with Crippen molar-refractivity contribution in [1.82, 2.24) is 10.2 Å². The summed E-state index contributed by atoms with van der Waals surface area (Å²) in [5.74, 6) is -0.187. The maximum Gasteiger partial charge on any atom is 0.333 e. The number of esters is 1. The molecule has 0 aromatic carbocycles. The van der Waals surface area contributed by atoms with Crippen LogP contribution in [0, 0.1) is 5.41 Å². The minimum absolute atomic E-state index is 0.187. The number of alkyl halides is 1. The van der Waals surface area contributed by atoms with Crippen LogP contribution in [0.1, 0.15) is 19.8 Å². The van der Waals surface area contributed by atoms with Crippen molar-refractivity contribution in [3.05, 3.63) is 11.8 Å². The van der Waals surface area contributed by atoms with Crippen LogP contribution < -0.4 is 5.32 Å².